The molecule has 0 bridgehead atoms. The Morgan fingerprint density at radius 1 is 1.59 bits per heavy atom. The third kappa shape index (κ3) is 3.07. The van der Waals surface area contributed by atoms with Crippen molar-refractivity contribution in [3.8, 4) is 0 Å². The quantitative estimate of drug-likeness (QED) is 0.810. The molecule has 96 valence electrons. The van der Waals surface area contributed by atoms with Gasteiger partial charge in [-0.05, 0) is 36.8 Å². The van der Waals surface area contributed by atoms with E-state index in [4.69, 9.17) is 10.5 Å². The van der Waals surface area contributed by atoms with Gasteiger partial charge in [-0.2, -0.15) is 0 Å². The molecule has 4 heteroatoms. The van der Waals surface area contributed by atoms with Crippen molar-refractivity contribution in [1.82, 2.24) is 4.90 Å². The van der Waals surface area contributed by atoms with Crippen molar-refractivity contribution in [1.29, 1.82) is 0 Å². The zero-order valence-electron chi connectivity index (χ0n) is 10.7. The molecule has 0 spiro atoms. The first-order valence-electron chi connectivity index (χ1n) is 6.26. The molecule has 1 fully saturated rings. The molecule has 2 N–H and O–H groups in total. The van der Waals surface area contributed by atoms with Crippen molar-refractivity contribution in [2.45, 2.75) is 31.8 Å². The van der Waals surface area contributed by atoms with Gasteiger partial charge in [-0.1, -0.05) is 0 Å². The van der Waals surface area contributed by atoms with Crippen LogP contribution in [0.1, 0.15) is 29.3 Å². The Bertz CT molecular complexity index is 349. The predicted molar refractivity (Wildman–Crippen MR) is 72.5 cm³/mol. The van der Waals surface area contributed by atoms with E-state index in [0.717, 1.165) is 19.2 Å². The van der Waals surface area contributed by atoms with Crippen LogP contribution in [-0.4, -0.2) is 37.7 Å². The minimum Gasteiger partial charge on any atom is -0.383 e. The standard InChI is InChI=1S/C13H22N2OS/c1-10-5-8-17-13(10)12(9-14)15(6-7-16-2)11-3-4-11/h5,8,11-12H,3-4,6-7,9,14H2,1-2H3. The number of ether oxygens (including phenoxy) is 1. The van der Waals surface area contributed by atoms with Gasteiger partial charge in [0.25, 0.3) is 0 Å². The first kappa shape index (κ1) is 13.0. The van der Waals surface area contributed by atoms with E-state index in [1.54, 1.807) is 7.11 Å². The summed E-state index contributed by atoms with van der Waals surface area (Å²) in [6.07, 6.45) is 2.62. The number of hydrogen-bond acceptors (Lipinski definition) is 4. The monoisotopic (exact) mass is 254 g/mol. The van der Waals surface area contributed by atoms with Gasteiger partial charge in [0.2, 0.25) is 0 Å². The Morgan fingerprint density at radius 3 is 2.82 bits per heavy atom. The Kier molecular flexibility index (Phi) is 4.56. The van der Waals surface area contributed by atoms with Crippen molar-refractivity contribution in [2.75, 3.05) is 26.8 Å². The molecule has 0 aliphatic heterocycles. The molecule has 1 aromatic heterocycles. The van der Waals surface area contributed by atoms with Crippen LogP contribution in [-0.2, 0) is 4.74 Å². The van der Waals surface area contributed by atoms with Crippen LogP contribution in [0.4, 0.5) is 0 Å². The zero-order valence-corrected chi connectivity index (χ0v) is 11.5. The predicted octanol–water partition coefficient (Wildman–Crippen LogP) is 2.17. The molecule has 0 amide bonds. The lowest BCUT2D eigenvalue weighted by molar-refractivity contribution is 0.116. The molecule has 0 saturated heterocycles. The van der Waals surface area contributed by atoms with Gasteiger partial charge in [0, 0.05) is 31.1 Å². The van der Waals surface area contributed by atoms with Gasteiger partial charge >= 0.3 is 0 Å². The average Bonchev–Trinajstić information content (AvgIpc) is 3.08. The average molecular weight is 254 g/mol. The number of aryl methyl sites for hydroxylation is 1. The highest BCUT2D eigenvalue weighted by Crippen LogP contribution is 2.36. The lowest BCUT2D eigenvalue weighted by Crippen LogP contribution is -2.37. The van der Waals surface area contributed by atoms with Gasteiger partial charge in [0.15, 0.2) is 0 Å². The molecule has 0 radical (unpaired) electrons. The third-order valence-corrected chi connectivity index (χ3v) is 4.52. The SMILES string of the molecule is COCCN(C1CC1)C(CN)c1sccc1C. The third-order valence-electron chi connectivity index (χ3n) is 3.40. The smallest absolute Gasteiger partial charge is 0.0590 e. The molecule has 1 heterocycles. The molecule has 1 atom stereocenters. The number of methoxy groups -OCH3 is 1. The summed E-state index contributed by atoms with van der Waals surface area (Å²) in [7, 11) is 1.76. The molecule has 3 nitrogen and oxygen atoms in total. The first-order chi connectivity index (χ1) is 8.27. The van der Waals surface area contributed by atoms with Crippen LogP contribution >= 0.6 is 11.3 Å². The summed E-state index contributed by atoms with van der Waals surface area (Å²) >= 11 is 1.83. The van der Waals surface area contributed by atoms with Gasteiger partial charge in [0.1, 0.15) is 0 Å². The topological polar surface area (TPSA) is 38.5 Å². The highest BCUT2D eigenvalue weighted by atomic mass is 32.1. The summed E-state index contributed by atoms with van der Waals surface area (Å²) in [4.78, 5) is 3.96. The van der Waals surface area contributed by atoms with E-state index >= 15 is 0 Å². The van der Waals surface area contributed by atoms with Gasteiger partial charge in [-0.3, -0.25) is 4.90 Å². The van der Waals surface area contributed by atoms with Gasteiger partial charge in [0.05, 0.1) is 12.6 Å². The number of hydrogen-bond donors (Lipinski definition) is 1. The lowest BCUT2D eigenvalue weighted by atomic mass is 10.1. The van der Waals surface area contributed by atoms with E-state index in [-0.39, 0.29) is 0 Å². The van der Waals surface area contributed by atoms with Crippen molar-refractivity contribution < 1.29 is 4.74 Å². The summed E-state index contributed by atoms with van der Waals surface area (Å²) in [6, 6.07) is 3.28. The summed E-state index contributed by atoms with van der Waals surface area (Å²) in [5, 5.41) is 2.16. The highest BCUT2D eigenvalue weighted by Gasteiger charge is 2.34. The molecule has 1 aromatic rings. The number of nitrogens with zero attached hydrogens (tertiary/aromatic N) is 1. The second-order valence-electron chi connectivity index (χ2n) is 4.68. The fourth-order valence-corrected chi connectivity index (χ4v) is 3.38. The van der Waals surface area contributed by atoms with E-state index in [1.165, 1.54) is 23.3 Å². The van der Waals surface area contributed by atoms with E-state index in [1.807, 2.05) is 11.3 Å². The van der Waals surface area contributed by atoms with E-state index < -0.39 is 0 Å². The van der Waals surface area contributed by atoms with E-state index in [0.29, 0.717) is 12.6 Å². The maximum absolute atomic E-state index is 6.00. The number of nitrogens with two attached hydrogens (primary N) is 1. The Balaban J connectivity index is 2.11. The minimum atomic E-state index is 0.373. The highest BCUT2D eigenvalue weighted by molar-refractivity contribution is 7.10. The van der Waals surface area contributed by atoms with Crippen LogP contribution in [0.5, 0.6) is 0 Å². The summed E-state index contributed by atoms with van der Waals surface area (Å²) in [5.74, 6) is 0. The summed E-state index contributed by atoms with van der Waals surface area (Å²) < 4.78 is 5.21. The summed E-state index contributed by atoms with van der Waals surface area (Å²) in [5.41, 5.74) is 7.36. The maximum Gasteiger partial charge on any atom is 0.0590 e. The van der Waals surface area contributed by atoms with Gasteiger partial charge in [-0.15, -0.1) is 11.3 Å². The molecule has 1 saturated carbocycles. The molecule has 0 aromatic carbocycles. The maximum atomic E-state index is 6.00. The van der Waals surface area contributed by atoms with Crippen LogP contribution in [0.15, 0.2) is 11.4 Å². The van der Waals surface area contributed by atoms with Crippen LogP contribution < -0.4 is 5.73 Å². The largest absolute Gasteiger partial charge is 0.383 e. The second-order valence-corrected chi connectivity index (χ2v) is 5.63. The lowest BCUT2D eigenvalue weighted by Gasteiger charge is -2.30. The Labute approximate surface area is 108 Å². The van der Waals surface area contributed by atoms with Crippen LogP contribution in [0.3, 0.4) is 0 Å². The van der Waals surface area contributed by atoms with Crippen LogP contribution in [0.2, 0.25) is 0 Å². The fraction of sp³-hybridized carbons (Fsp3) is 0.692. The van der Waals surface area contributed by atoms with E-state index in [2.05, 4.69) is 23.3 Å². The van der Waals surface area contributed by atoms with Gasteiger partial charge < -0.3 is 10.5 Å². The van der Waals surface area contributed by atoms with Crippen LogP contribution in [0.25, 0.3) is 0 Å². The fourth-order valence-electron chi connectivity index (χ4n) is 2.31. The number of rotatable bonds is 7. The second kappa shape index (κ2) is 5.96. The molecule has 1 unspecified atom stereocenters. The zero-order chi connectivity index (χ0) is 12.3. The minimum absolute atomic E-state index is 0.373. The normalized spacial score (nSPS) is 17.6. The molecule has 2 rings (SSSR count). The van der Waals surface area contributed by atoms with Crippen LogP contribution in [0, 0.1) is 6.92 Å². The number of thiophene rings is 1. The summed E-state index contributed by atoms with van der Waals surface area (Å²) in [6.45, 7) is 4.65. The van der Waals surface area contributed by atoms with Crippen molar-refractivity contribution >= 4 is 11.3 Å². The van der Waals surface area contributed by atoms with Crippen molar-refractivity contribution in [3.63, 3.8) is 0 Å². The molecule has 1 aliphatic carbocycles. The van der Waals surface area contributed by atoms with E-state index in [9.17, 15) is 0 Å². The Morgan fingerprint density at radius 2 is 2.35 bits per heavy atom. The molecular formula is C13H22N2OS. The molecule has 1 aliphatic rings. The molecule has 17 heavy (non-hydrogen) atoms. The van der Waals surface area contributed by atoms with Crippen molar-refractivity contribution in [3.05, 3.63) is 21.9 Å². The van der Waals surface area contributed by atoms with Gasteiger partial charge in [-0.25, -0.2) is 0 Å². The first-order valence-corrected chi connectivity index (χ1v) is 7.14. The molecular weight excluding hydrogens is 232 g/mol. The van der Waals surface area contributed by atoms with Crippen molar-refractivity contribution in [2.24, 2.45) is 5.73 Å². The Hall–Kier alpha value is -0.420.